The second-order valence-electron chi connectivity index (χ2n) is 4.34. The first-order valence-corrected chi connectivity index (χ1v) is 6.37. The fourth-order valence-electron chi connectivity index (χ4n) is 2.03. The summed E-state index contributed by atoms with van der Waals surface area (Å²) in [6, 6.07) is 19.6. The maximum Gasteiger partial charge on any atom is 0.131 e. The number of aromatic nitrogens is 1. The summed E-state index contributed by atoms with van der Waals surface area (Å²) in [6.07, 6.45) is 0. The minimum atomic E-state index is 0.712. The van der Waals surface area contributed by atoms with Gasteiger partial charge in [0.2, 0.25) is 0 Å². The minimum Gasteiger partial charge on any atom is -0.496 e. The molecule has 0 bridgehead atoms. The van der Waals surface area contributed by atoms with Gasteiger partial charge in [-0.05, 0) is 30.2 Å². The second-order valence-corrected chi connectivity index (χ2v) is 4.34. The van der Waals surface area contributed by atoms with Gasteiger partial charge in [0.05, 0.1) is 12.6 Å². The van der Waals surface area contributed by atoms with Crippen molar-refractivity contribution in [3.05, 3.63) is 71.9 Å². The lowest BCUT2D eigenvalue weighted by molar-refractivity contribution is 0.419. The molecule has 0 radical (unpaired) electrons. The number of methoxy groups -OCH3 is 1. The van der Waals surface area contributed by atoms with Gasteiger partial charge >= 0.3 is 0 Å². The fraction of sp³-hybridized carbons (Fsp3) is 0.0556. The number of hydrogen-bond acceptors (Lipinski definition) is 2. The summed E-state index contributed by atoms with van der Waals surface area (Å²) in [4.78, 5) is 4.55. The van der Waals surface area contributed by atoms with E-state index in [1.165, 1.54) is 0 Å². The van der Waals surface area contributed by atoms with Gasteiger partial charge in [0.1, 0.15) is 11.4 Å². The molecule has 0 aliphatic carbocycles. The Morgan fingerprint density at radius 1 is 0.900 bits per heavy atom. The molecule has 0 spiro atoms. The van der Waals surface area contributed by atoms with Crippen LogP contribution in [-0.2, 0) is 0 Å². The zero-order valence-electron chi connectivity index (χ0n) is 11.1. The van der Waals surface area contributed by atoms with Crippen molar-refractivity contribution in [3.8, 4) is 17.6 Å². The van der Waals surface area contributed by atoms with Crippen LogP contribution in [0.4, 0.5) is 0 Å². The first-order valence-electron chi connectivity index (χ1n) is 6.37. The summed E-state index contributed by atoms with van der Waals surface area (Å²) in [7, 11) is 1.66. The van der Waals surface area contributed by atoms with Gasteiger partial charge in [0.15, 0.2) is 0 Å². The van der Waals surface area contributed by atoms with Crippen molar-refractivity contribution in [2.45, 2.75) is 0 Å². The van der Waals surface area contributed by atoms with Gasteiger partial charge in [0, 0.05) is 17.0 Å². The molecule has 3 rings (SSSR count). The molecule has 0 N–H and O–H groups in total. The van der Waals surface area contributed by atoms with Crippen molar-refractivity contribution in [1.82, 2.24) is 4.98 Å². The number of nitrogens with zero attached hydrogens (tertiary/aromatic N) is 1. The number of benzene rings is 2. The van der Waals surface area contributed by atoms with Crippen molar-refractivity contribution < 1.29 is 4.74 Å². The van der Waals surface area contributed by atoms with E-state index in [4.69, 9.17) is 4.74 Å². The molecule has 0 aliphatic heterocycles. The standard InChI is InChI=1S/C18H13NO/c1-20-18-13-15(12-11-14-7-3-2-4-8-14)19-17-10-6-5-9-16(17)18/h2-10,13H,1H3. The Kier molecular flexibility index (Phi) is 3.34. The topological polar surface area (TPSA) is 22.1 Å². The van der Waals surface area contributed by atoms with Crippen LogP contribution in [0.15, 0.2) is 60.7 Å². The average molecular weight is 259 g/mol. The summed E-state index contributed by atoms with van der Waals surface area (Å²) in [6.45, 7) is 0. The second kappa shape index (κ2) is 5.46. The van der Waals surface area contributed by atoms with Crippen LogP contribution in [0.2, 0.25) is 0 Å². The maximum absolute atomic E-state index is 5.41. The van der Waals surface area contributed by atoms with E-state index in [9.17, 15) is 0 Å². The number of fused-ring (bicyclic) bond motifs is 1. The highest BCUT2D eigenvalue weighted by Gasteiger charge is 2.03. The van der Waals surface area contributed by atoms with Crippen LogP contribution in [0.3, 0.4) is 0 Å². The molecule has 2 heteroatoms. The van der Waals surface area contributed by atoms with Crippen LogP contribution in [0.1, 0.15) is 11.3 Å². The molecule has 0 saturated carbocycles. The van der Waals surface area contributed by atoms with Crippen LogP contribution in [0, 0.1) is 11.8 Å². The Bertz CT molecular complexity index is 798. The predicted octanol–water partition coefficient (Wildman–Crippen LogP) is 3.64. The van der Waals surface area contributed by atoms with Gasteiger partial charge in [-0.1, -0.05) is 36.3 Å². The highest BCUT2D eigenvalue weighted by Crippen LogP contribution is 2.24. The highest BCUT2D eigenvalue weighted by molar-refractivity contribution is 5.85. The van der Waals surface area contributed by atoms with Crippen LogP contribution in [0.25, 0.3) is 10.9 Å². The molecule has 0 fully saturated rings. The highest BCUT2D eigenvalue weighted by atomic mass is 16.5. The molecule has 1 heterocycles. The Morgan fingerprint density at radius 3 is 2.45 bits per heavy atom. The molecular formula is C18H13NO. The van der Waals surface area contributed by atoms with Gasteiger partial charge in [-0.15, -0.1) is 0 Å². The lowest BCUT2D eigenvalue weighted by atomic mass is 10.1. The van der Waals surface area contributed by atoms with E-state index in [1.807, 2.05) is 60.7 Å². The molecule has 0 saturated heterocycles. The summed E-state index contributed by atoms with van der Waals surface area (Å²) in [5.41, 5.74) is 2.58. The molecule has 0 amide bonds. The Hall–Kier alpha value is -2.79. The monoisotopic (exact) mass is 259 g/mol. The summed E-state index contributed by atoms with van der Waals surface area (Å²) in [5, 5.41) is 1.00. The quantitative estimate of drug-likeness (QED) is 0.622. The Balaban J connectivity index is 2.07. The van der Waals surface area contributed by atoms with E-state index in [0.717, 1.165) is 22.2 Å². The lowest BCUT2D eigenvalue weighted by Crippen LogP contribution is -1.90. The average Bonchev–Trinajstić information content (AvgIpc) is 2.53. The largest absolute Gasteiger partial charge is 0.496 e. The van der Waals surface area contributed by atoms with Crippen molar-refractivity contribution in [2.24, 2.45) is 0 Å². The van der Waals surface area contributed by atoms with Gasteiger partial charge in [-0.3, -0.25) is 0 Å². The van der Waals surface area contributed by atoms with Crippen LogP contribution >= 0.6 is 0 Å². The molecule has 20 heavy (non-hydrogen) atoms. The van der Waals surface area contributed by atoms with Crippen LogP contribution < -0.4 is 4.74 Å². The van der Waals surface area contributed by atoms with Crippen molar-refractivity contribution in [2.75, 3.05) is 7.11 Å². The van der Waals surface area contributed by atoms with E-state index < -0.39 is 0 Å². The van der Waals surface area contributed by atoms with Crippen molar-refractivity contribution >= 4 is 10.9 Å². The number of para-hydroxylation sites is 1. The van der Waals surface area contributed by atoms with Crippen LogP contribution in [0.5, 0.6) is 5.75 Å². The predicted molar refractivity (Wildman–Crippen MR) is 80.7 cm³/mol. The normalized spacial score (nSPS) is 9.85. The van der Waals surface area contributed by atoms with Crippen molar-refractivity contribution in [3.63, 3.8) is 0 Å². The maximum atomic E-state index is 5.41. The fourth-order valence-corrected chi connectivity index (χ4v) is 2.03. The van der Waals surface area contributed by atoms with E-state index in [1.54, 1.807) is 7.11 Å². The minimum absolute atomic E-state index is 0.712. The van der Waals surface area contributed by atoms with Gasteiger partial charge in [0.25, 0.3) is 0 Å². The van der Waals surface area contributed by atoms with Gasteiger partial charge in [-0.2, -0.15) is 0 Å². The molecule has 1 aromatic heterocycles. The van der Waals surface area contributed by atoms with Crippen LogP contribution in [-0.4, -0.2) is 12.1 Å². The molecule has 2 aromatic carbocycles. The summed E-state index contributed by atoms with van der Waals surface area (Å²) < 4.78 is 5.41. The van der Waals surface area contributed by atoms with Gasteiger partial charge < -0.3 is 4.74 Å². The molecule has 0 aliphatic rings. The first-order chi connectivity index (χ1) is 9.86. The number of rotatable bonds is 1. The van der Waals surface area contributed by atoms with E-state index in [2.05, 4.69) is 16.8 Å². The first kappa shape index (κ1) is 12.3. The molecule has 96 valence electrons. The molecule has 2 nitrogen and oxygen atoms in total. The number of ether oxygens (including phenoxy) is 1. The third kappa shape index (κ3) is 2.48. The van der Waals surface area contributed by atoms with E-state index in [0.29, 0.717) is 5.69 Å². The Morgan fingerprint density at radius 2 is 1.65 bits per heavy atom. The zero-order valence-corrected chi connectivity index (χ0v) is 11.1. The zero-order chi connectivity index (χ0) is 13.8. The van der Waals surface area contributed by atoms with E-state index >= 15 is 0 Å². The van der Waals surface area contributed by atoms with Gasteiger partial charge in [-0.25, -0.2) is 4.98 Å². The number of pyridine rings is 1. The summed E-state index contributed by atoms with van der Waals surface area (Å²) >= 11 is 0. The molecule has 3 aromatic rings. The summed E-state index contributed by atoms with van der Waals surface area (Å²) in [5.74, 6) is 6.99. The SMILES string of the molecule is COc1cc(C#Cc2ccccc2)nc2ccccc12. The third-order valence-corrected chi connectivity index (χ3v) is 3.01. The smallest absolute Gasteiger partial charge is 0.131 e. The number of hydrogen-bond donors (Lipinski definition) is 0. The third-order valence-electron chi connectivity index (χ3n) is 3.01. The molecular weight excluding hydrogens is 246 g/mol. The lowest BCUT2D eigenvalue weighted by Gasteiger charge is -2.05. The van der Waals surface area contributed by atoms with Crippen molar-refractivity contribution in [1.29, 1.82) is 0 Å². The Labute approximate surface area is 118 Å². The molecule has 0 unspecified atom stereocenters. The molecule has 0 atom stereocenters. The van der Waals surface area contributed by atoms with E-state index in [-0.39, 0.29) is 0 Å².